The normalized spacial score (nSPS) is 16.5. The van der Waals surface area contributed by atoms with Gasteiger partial charge in [-0.3, -0.25) is 0 Å². The van der Waals surface area contributed by atoms with E-state index in [1.54, 1.807) is 0 Å². The fraction of sp³-hybridized carbons (Fsp3) is 0.154. The van der Waals surface area contributed by atoms with Crippen LogP contribution in [-0.4, -0.2) is 4.57 Å². The van der Waals surface area contributed by atoms with Crippen molar-refractivity contribution in [3.63, 3.8) is 0 Å². The van der Waals surface area contributed by atoms with Gasteiger partial charge in [-0.25, -0.2) is 0 Å². The zero-order valence-corrected chi connectivity index (χ0v) is 30.9. The van der Waals surface area contributed by atoms with Crippen molar-refractivity contribution < 1.29 is 0 Å². The first-order valence-electron chi connectivity index (χ1n) is 19.2. The summed E-state index contributed by atoms with van der Waals surface area (Å²) in [6.45, 7) is 11.8. The fourth-order valence-corrected chi connectivity index (χ4v) is 8.74. The molecule has 258 valence electrons. The minimum absolute atomic E-state index is 0.348. The van der Waals surface area contributed by atoms with Crippen molar-refractivity contribution in [2.45, 2.75) is 45.6 Å². The Hall–Kier alpha value is -5.92. The second-order valence-electron chi connectivity index (χ2n) is 14.8. The van der Waals surface area contributed by atoms with E-state index in [1.807, 2.05) is 6.08 Å². The number of hydrogen-bond acceptors (Lipinski definition) is 0. The zero-order valence-electron chi connectivity index (χ0n) is 30.9. The summed E-state index contributed by atoms with van der Waals surface area (Å²) in [4.78, 5) is 0. The van der Waals surface area contributed by atoms with E-state index in [1.165, 1.54) is 83.0 Å². The van der Waals surface area contributed by atoms with Crippen LogP contribution in [0.3, 0.4) is 0 Å². The van der Waals surface area contributed by atoms with Gasteiger partial charge >= 0.3 is 0 Å². The van der Waals surface area contributed by atoms with Gasteiger partial charge in [0.05, 0.1) is 0 Å². The molecule has 2 aliphatic carbocycles. The SMILES string of the molecule is C=Cc1ccc(-c2ccc(-c3ccc4c(c3)-c3ccccc3C3C=CC=CC43)c(-c3ccc4c5ccccc5n(CC)c4c3)c2)cc1/C=C\C(C)CC. The van der Waals surface area contributed by atoms with Gasteiger partial charge in [0.1, 0.15) is 0 Å². The van der Waals surface area contributed by atoms with Crippen LogP contribution in [0, 0.1) is 5.92 Å². The van der Waals surface area contributed by atoms with Gasteiger partial charge in [-0.15, -0.1) is 0 Å². The lowest BCUT2D eigenvalue weighted by molar-refractivity contribution is 0.701. The Morgan fingerprint density at radius 1 is 0.585 bits per heavy atom. The van der Waals surface area contributed by atoms with Gasteiger partial charge in [0.2, 0.25) is 0 Å². The maximum Gasteiger partial charge on any atom is 0.0497 e. The minimum atomic E-state index is 0.348. The maximum atomic E-state index is 4.12. The first-order chi connectivity index (χ1) is 26.1. The van der Waals surface area contributed by atoms with Gasteiger partial charge in [0, 0.05) is 40.2 Å². The van der Waals surface area contributed by atoms with Gasteiger partial charge < -0.3 is 4.57 Å². The number of aryl methyl sites for hydroxylation is 1. The number of fused-ring (bicyclic) bond motifs is 9. The number of benzene rings is 6. The Bertz CT molecular complexity index is 2640. The third kappa shape index (κ3) is 5.63. The fourth-order valence-electron chi connectivity index (χ4n) is 8.74. The zero-order chi connectivity index (χ0) is 36.1. The Morgan fingerprint density at radius 3 is 2.06 bits per heavy atom. The lowest BCUT2D eigenvalue weighted by atomic mass is 9.69. The topological polar surface area (TPSA) is 4.93 Å². The van der Waals surface area contributed by atoms with Crippen molar-refractivity contribution in [2.75, 3.05) is 0 Å². The highest BCUT2D eigenvalue weighted by Crippen LogP contribution is 2.51. The minimum Gasteiger partial charge on any atom is -0.341 e. The van der Waals surface area contributed by atoms with Crippen LogP contribution in [0.1, 0.15) is 61.3 Å². The van der Waals surface area contributed by atoms with Crippen LogP contribution in [0.15, 0.2) is 158 Å². The standard InChI is InChI=1S/C52H45N/c1-5-34(4)20-21-36-30-37(23-22-35(36)6-2)38-24-27-41(49(31-38)40-26-29-48-47-18-12-13-19-51(47)53(7-3)52(48)33-40)39-25-28-46-44-16-9-8-14-42(44)43-15-10-11-17-45(43)50(46)32-39/h6,8-34,42,44H,2,5,7H2,1,3-4H3/b21-20-. The number of nitrogens with zero attached hydrogens (tertiary/aromatic N) is 1. The molecule has 6 aromatic carbocycles. The van der Waals surface area contributed by atoms with Crippen molar-refractivity contribution in [2.24, 2.45) is 5.92 Å². The quantitative estimate of drug-likeness (QED) is 0.150. The van der Waals surface area contributed by atoms with Gasteiger partial charge in [-0.2, -0.15) is 0 Å². The Morgan fingerprint density at radius 2 is 1.25 bits per heavy atom. The molecule has 0 N–H and O–H groups in total. The number of rotatable bonds is 8. The second-order valence-corrected chi connectivity index (χ2v) is 14.8. The van der Waals surface area contributed by atoms with Gasteiger partial charge in [0.25, 0.3) is 0 Å². The average molecular weight is 684 g/mol. The summed E-state index contributed by atoms with van der Waals surface area (Å²) in [7, 11) is 0. The first kappa shape index (κ1) is 33.0. The lowest BCUT2D eigenvalue weighted by Crippen LogP contribution is -2.16. The van der Waals surface area contributed by atoms with E-state index in [-0.39, 0.29) is 0 Å². The highest BCUT2D eigenvalue weighted by Gasteiger charge is 2.31. The summed E-state index contributed by atoms with van der Waals surface area (Å²) in [5.74, 6) is 1.25. The number of para-hydroxylation sites is 1. The monoisotopic (exact) mass is 683 g/mol. The molecule has 7 aromatic rings. The molecule has 1 heterocycles. The molecule has 0 radical (unpaired) electrons. The molecule has 0 spiro atoms. The smallest absolute Gasteiger partial charge is 0.0497 e. The summed E-state index contributed by atoms with van der Waals surface area (Å²) >= 11 is 0. The predicted molar refractivity (Wildman–Crippen MR) is 229 cm³/mol. The summed E-state index contributed by atoms with van der Waals surface area (Å²) in [5, 5.41) is 2.61. The van der Waals surface area contributed by atoms with Gasteiger partial charge in [0.15, 0.2) is 0 Å². The Balaban J connectivity index is 1.24. The van der Waals surface area contributed by atoms with E-state index in [4.69, 9.17) is 0 Å². The number of allylic oxidation sites excluding steroid dienone is 5. The third-order valence-electron chi connectivity index (χ3n) is 11.8. The van der Waals surface area contributed by atoms with E-state index in [2.05, 4.69) is 190 Å². The van der Waals surface area contributed by atoms with Crippen molar-refractivity contribution in [1.82, 2.24) is 4.57 Å². The van der Waals surface area contributed by atoms with Crippen LogP contribution < -0.4 is 0 Å². The molecule has 1 heteroatoms. The first-order valence-corrected chi connectivity index (χ1v) is 19.2. The van der Waals surface area contributed by atoms with E-state index < -0.39 is 0 Å². The van der Waals surface area contributed by atoms with E-state index >= 15 is 0 Å². The van der Waals surface area contributed by atoms with Crippen LogP contribution >= 0.6 is 0 Å². The van der Waals surface area contributed by atoms with E-state index in [0.29, 0.717) is 17.8 Å². The Kier molecular flexibility index (Phi) is 8.43. The lowest BCUT2D eigenvalue weighted by Gasteiger charge is -2.34. The van der Waals surface area contributed by atoms with Crippen LogP contribution in [0.5, 0.6) is 0 Å². The van der Waals surface area contributed by atoms with Crippen molar-refractivity contribution in [3.8, 4) is 44.5 Å². The molecule has 0 saturated heterocycles. The largest absolute Gasteiger partial charge is 0.341 e. The molecule has 0 aliphatic heterocycles. The predicted octanol–water partition coefficient (Wildman–Crippen LogP) is 14.5. The number of hydrogen-bond donors (Lipinski definition) is 0. The maximum absolute atomic E-state index is 4.12. The molecule has 9 rings (SSSR count). The summed E-state index contributed by atoms with van der Waals surface area (Å²) in [6, 6.07) is 45.9. The molecule has 3 unspecified atom stereocenters. The van der Waals surface area contributed by atoms with E-state index in [9.17, 15) is 0 Å². The second kappa shape index (κ2) is 13.6. The van der Waals surface area contributed by atoms with Gasteiger partial charge in [-0.1, -0.05) is 160 Å². The van der Waals surface area contributed by atoms with Crippen LogP contribution in [-0.2, 0) is 6.54 Å². The van der Waals surface area contributed by atoms with E-state index in [0.717, 1.165) is 18.5 Å². The summed E-state index contributed by atoms with van der Waals surface area (Å²) in [5.41, 5.74) is 17.8. The summed E-state index contributed by atoms with van der Waals surface area (Å²) < 4.78 is 2.46. The van der Waals surface area contributed by atoms with Crippen molar-refractivity contribution >= 4 is 34.0 Å². The molecule has 0 amide bonds. The molecule has 1 nitrogen and oxygen atoms in total. The number of aromatic nitrogens is 1. The van der Waals surface area contributed by atoms with Crippen molar-refractivity contribution in [3.05, 3.63) is 181 Å². The molecule has 1 aromatic heterocycles. The molecule has 0 fully saturated rings. The summed E-state index contributed by atoms with van der Waals surface area (Å²) in [6.07, 6.45) is 16.8. The molecule has 2 aliphatic rings. The molecule has 0 saturated carbocycles. The molecule has 53 heavy (non-hydrogen) atoms. The molecule has 3 atom stereocenters. The molecular weight excluding hydrogens is 639 g/mol. The highest BCUT2D eigenvalue weighted by molar-refractivity contribution is 6.09. The van der Waals surface area contributed by atoms with Crippen LogP contribution in [0.25, 0.3) is 78.5 Å². The molecular formula is C52H45N. The molecule has 0 bridgehead atoms. The van der Waals surface area contributed by atoms with Gasteiger partial charge in [-0.05, 0) is 110 Å². The van der Waals surface area contributed by atoms with Crippen molar-refractivity contribution in [1.29, 1.82) is 0 Å². The third-order valence-corrected chi connectivity index (χ3v) is 11.8. The van der Waals surface area contributed by atoms with Crippen LogP contribution in [0.4, 0.5) is 0 Å². The average Bonchev–Trinajstić information content (AvgIpc) is 3.55. The Labute approximate surface area is 314 Å². The van der Waals surface area contributed by atoms with Crippen LogP contribution in [0.2, 0.25) is 0 Å². The highest BCUT2D eigenvalue weighted by atomic mass is 15.0.